The van der Waals surface area contributed by atoms with Crippen LogP contribution in [0.3, 0.4) is 0 Å². The standard InChI is InChI=1S/C13H20FN5O3S/c1-3-19-12(14)11(8-16-19)7-15-17-13(20)10-5-4-6-18(9-10)23(2,21)22/h7-8,10H,3-6,9H2,1-2H3,(H,17,20)/b15-7-/t10-/m1/s1. The van der Waals surface area contributed by atoms with E-state index in [4.69, 9.17) is 0 Å². The number of aromatic nitrogens is 2. The van der Waals surface area contributed by atoms with Crippen molar-refractivity contribution in [2.45, 2.75) is 26.3 Å². The highest BCUT2D eigenvalue weighted by Crippen LogP contribution is 2.18. The molecule has 1 aromatic rings. The van der Waals surface area contributed by atoms with Gasteiger partial charge < -0.3 is 0 Å². The molecule has 8 nitrogen and oxygen atoms in total. The summed E-state index contributed by atoms with van der Waals surface area (Å²) in [5.74, 6) is -1.36. The van der Waals surface area contributed by atoms with Gasteiger partial charge in [0.15, 0.2) is 0 Å². The number of piperidine rings is 1. The molecule has 1 saturated heterocycles. The smallest absolute Gasteiger partial charge is 0.244 e. The largest absolute Gasteiger partial charge is 0.273 e. The van der Waals surface area contributed by atoms with E-state index in [0.717, 1.165) is 6.26 Å². The summed E-state index contributed by atoms with van der Waals surface area (Å²) >= 11 is 0. The molecule has 1 atom stereocenters. The lowest BCUT2D eigenvalue weighted by atomic mass is 9.99. The van der Waals surface area contributed by atoms with E-state index < -0.39 is 21.9 Å². The molecule has 0 radical (unpaired) electrons. The zero-order valence-corrected chi connectivity index (χ0v) is 13.9. The van der Waals surface area contributed by atoms with Gasteiger partial charge in [-0.05, 0) is 19.8 Å². The van der Waals surface area contributed by atoms with E-state index in [-0.39, 0.29) is 18.0 Å². The molecular formula is C13H20FN5O3S. The normalized spacial score (nSPS) is 20.0. The van der Waals surface area contributed by atoms with Crippen LogP contribution in [-0.2, 0) is 21.4 Å². The van der Waals surface area contributed by atoms with Gasteiger partial charge >= 0.3 is 0 Å². The van der Waals surface area contributed by atoms with E-state index in [1.165, 1.54) is 21.4 Å². The van der Waals surface area contributed by atoms with Gasteiger partial charge in [-0.2, -0.15) is 14.6 Å². The molecule has 1 aliphatic heterocycles. The number of carbonyl (C=O) groups excluding carboxylic acids is 1. The van der Waals surface area contributed by atoms with Gasteiger partial charge in [0.25, 0.3) is 0 Å². The van der Waals surface area contributed by atoms with Crippen molar-refractivity contribution in [3.63, 3.8) is 0 Å². The molecule has 0 aromatic carbocycles. The maximum atomic E-state index is 13.7. The van der Waals surface area contributed by atoms with Crippen LogP contribution in [-0.4, -0.2) is 54.0 Å². The number of amides is 1. The van der Waals surface area contributed by atoms with Gasteiger partial charge in [-0.1, -0.05) is 0 Å². The molecule has 0 saturated carbocycles. The SMILES string of the molecule is CCn1ncc(/C=N\NC(=O)[C@@H]2CCCN(S(C)(=O)=O)C2)c1F. The number of rotatable bonds is 5. The van der Waals surface area contributed by atoms with E-state index in [1.54, 1.807) is 6.92 Å². The third-order valence-electron chi connectivity index (χ3n) is 3.70. The van der Waals surface area contributed by atoms with E-state index in [0.29, 0.717) is 25.9 Å². The fraction of sp³-hybridized carbons (Fsp3) is 0.615. The van der Waals surface area contributed by atoms with Gasteiger partial charge in [0.1, 0.15) is 0 Å². The topological polar surface area (TPSA) is 96.7 Å². The van der Waals surface area contributed by atoms with Gasteiger partial charge in [0.2, 0.25) is 21.9 Å². The number of nitrogens with one attached hydrogen (secondary N) is 1. The molecule has 10 heteroatoms. The highest BCUT2D eigenvalue weighted by atomic mass is 32.2. The summed E-state index contributed by atoms with van der Waals surface area (Å²) in [6, 6.07) is 0. The van der Waals surface area contributed by atoms with Gasteiger partial charge in [0, 0.05) is 19.6 Å². The Kier molecular flexibility index (Phi) is 5.47. The Hall–Kier alpha value is -1.81. The second-order valence-corrected chi connectivity index (χ2v) is 7.38. The van der Waals surface area contributed by atoms with E-state index >= 15 is 0 Å². The van der Waals surface area contributed by atoms with Crippen molar-refractivity contribution < 1.29 is 17.6 Å². The lowest BCUT2D eigenvalue weighted by molar-refractivity contribution is -0.126. The second kappa shape index (κ2) is 7.18. The van der Waals surface area contributed by atoms with Crippen LogP contribution in [0, 0.1) is 11.9 Å². The van der Waals surface area contributed by atoms with Crippen molar-refractivity contribution in [2.24, 2.45) is 11.0 Å². The highest BCUT2D eigenvalue weighted by Gasteiger charge is 2.30. The molecule has 0 aliphatic carbocycles. The van der Waals surface area contributed by atoms with Crippen LogP contribution in [0.15, 0.2) is 11.3 Å². The molecule has 0 bridgehead atoms. The number of hydrogen-bond donors (Lipinski definition) is 1. The molecule has 1 aromatic heterocycles. The summed E-state index contributed by atoms with van der Waals surface area (Å²) in [6.07, 6.45) is 4.84. The molecule has 1 aliphatic rings. The first-order valence-electron chi connectivity index (χ1n) is 7.32. The number of carbonyl (C=O) groups is 1. The van der Waals surface area contributed by atoms with Gasteiger partial charge in [-0.15, -0.1) is 0 Å². The Bertz CT molecular complexity index is 700. The number of aryl methyl sites for hydroxylation is 1. The van der Waals surface area contributed by atoms with E-state index in [2.05, 4.69) is 15.6 Å². The van der Waals surface area contributed by atoms with Gasteiger partial charge in [-0.25, -0.2) is 22.8 Å². The molecular weight excluding hydrogens is 325 g/mol. The molecule has 128 valence electrons. The van der Waals surface area contributed by atoms with Crippen LogP contribution in [0.25, 0.3) is 0 Å². The Balaban J connectivity index is 1.94. The molecule has 2 rings (SSSR count). The second-order valence-electron chi connectivity index (χ2n) is 5.40. The summed E-state index contributed by atoms with van der Waals surface area (Å²) in [5.41, 5.74) is 2.51. The number of halogens is 1. The van der Waals surface area contributed by atoms with Crippen molar-refractivity contribution in [2.75, 3.05) is 19.3 Å². The molecule has 23 heavy (non-hydrogen) atoms. The molecule has 1 N–H and O–H groups in total. The predicted molar refractivity (Wildman–Crippen MR) is 82.7 cm³/mol. The Morgan fingerprint density at radius 3 is 2.96 bits per heavy atom. The van der Waals surface area contributed by atoms with Crippen molar-refractivity contribution in [1.29, 1.82) is 0 Å². The van der Waals surface area contributed by atoms with Crippen LogP contribution in [0.5, 0.6) is 0 Å². The van der Waals surface area contributed by atoms with Crippen molar-refractivity contribution in [3.05, 3.63) is 17.7 Å². The number of sulfonamides is 1. The minimum atomic E-state index is -3.31. The zero-order chi connectivity index (χ0) is 17.0. The van der Waals surface area contributed by atoms with Crippen LogP contribution >= 0.6 is 0 Å². The lowest BCUT2D eigenvalue weighted by Gasteiger charge is -2.29. The molecule has 0 spiro atoms. The van der Waals surface area contributed by atoms with E-state index in [9.17, 15) is 17.6 Å². The predicted octanol–water partition coefficient (Wildman–Crippen LogP) is 0.164. The first-order valence-corrected chi connectivity index (χ1v) is 9.17. The van der Waals surface area contributed by atoms with Crippen molar-refractivity contribution >= 4 is 22.1 Å². The number of hydrogen-bond acceptors (Lipinski definition) is 5. The maximum absolute atomic E-state index is 13.7. The number of nitrogens with zero attached hydrogens (tertiary/aromatic N) is 4. The zero-order valence-electron chi connectivity index (χ0n) is 13.1. The quantitative estimate of drug-likeness (QED) is 0.607. The average Bonchev–Trinajstić information content (AvgIpc) is 2.87. The maximum Gasteiger partial charge on any atom is 0.244 e. The summed E-state index contributed by atoms with van der Waals surface area (Å²) in [6.45, 7) is 2.72. The van der Waals surface area contributed by atoms with Crippen LogP contribution in [0.4, 0.5) is 4.39 Å². The van der Waals surface area contributed by atoms with Crippen molar-refractivity contribution in [3.8, 4) is 0 Å². The minimum Gasteiger partial charge on any atom is -0.273 e. The molecule has 0 unspecified atom stereocenters. The monoisotopic (exact) mass is 345 g/mol. The Morgan fingerprint density at radius 2 is 2.35 bits per heavy atom. The van der Waals surface area contributed by atoms with E-state index in [1.807, 2.05) is 0 Å². The summed E-state index contributed by atoms with van der Waals surface area (Å²) in [5, 5.41) is 7.55. The Labute approximate surface area is 134 Å². The summed E-state index contributed by atoms with van der Waals surface area (Å²) in [4.78, 5) is 12.0. The highest BCUT2D eigenvalue weighted by molar-refractivity contribution is 7.88. The molecule has 1 amide bonds. The lowest BCUT2D eigenvalue weighted by Crippen LogP contribution is -2.44. The van der Waals surface area contributed by atoms with Gasteiger partial charge in [0.05, 0.1) is 30.1 Å². The van der Waals surface area contributed by atoms with Crippen LogP contribution in [0.1, 0.15) is 25.3 Å². The molecule has 1 fully saturated rings. The first kappa shape index (κ1) is 17.5. The molecule has 2 heterocycles. The fourth-order valence-corrected chi connectivity index (χ4v) is 3.32. The third kappa shape index (κ3) is 4.35. The fourth-order valence-electron chi connectivity index (χ4n) is 2.41. The third-order valence-corrected chi connectivity index (χ3v) is 4.97. The summed E-state index contributed by atoms with van der Waals surface area (Å²) < 4.78 is 39.3. The van der Waals surface area contributed by atoms with Gasteiger partial charge in [-0.3, -0.25) is 4.79 Å². The minimum absolute atomic E-state index is 0.141. The van der Waals surface area contributed by atoms with Crippen molar-refractivity contribution in [1.82, 2.24) is 19.5 Å². The van der Waals surface area contributed by atoms with Crippen LogP contribution in [0.2, 0.25) is 0 Å². The van der Waals surface area contributed by atoms with Crippen LogP contribution < -0.4 is 5.43 Å². The average molecular weight is 345 g/mol. The Morgan fingerprint density at radius 1 is 1.61 bits per heavy atom. The first-order chi connectivity index (χ1) is 10.8. The summed E-state index contributed by atoms with van der Waals surface area (Å²) in [7, 11) is -3.31. The number of hydrazone groups is 1.